The molecule has 1 aromatic rings. The molecule has 0 spiro atoms. The van der Waals surface area contributed by atoms with Crippen molar-refractivity contribution in [2.75, 3.05) is 24.6 Å². The zero-order valence-corrected chi connectivity index (χ0v) is 9.82. The van der Waals surface area contributed by atoms with Gasteiger partial charge in [-0.2, -0.15) is 0 Å². The zero-order valence-electron chi connectivity index (χ0n) is 9.82. The largest absolute Gasteiger partial charge is 0.395 e. The fourth-order valence-corrected chi connectivity index (χ4v) is 2.35. The molecule has 0 radical (unpaired) electrons. The molecule has 0 saturated carbocycles. The fourth-order valence-electron chi connectivity index (χ4n) is 2.35. The summed E-state index contributed by atoms with van der Waals surface area (Å²) in [6.07, 6.45) is 1.89. The first-order valence-corrected chi connectivity index (χ1v) is 5.97. The van der Waals surface area contributed by atoms with Crippen molar-refractivity contribution in [3.63, 3.8) is 0 Å². The molecule has 0 fully saturated rings. The first kappa shape index (κ1) is 11.4. The maximum Gasteiger partial charge on any atom is 0.0585 e. The number of rotatable bonds is 4. The number of benzene rings is 1. The number of aliphatic hydroxyl groups excluding tert-OH is 1. The van der Waals surface area contributed by atoms with E-state index in [0.717, 1.165) is 25.9 Å². The topological polar surface area (TPSA) is 49.5 Å². The number of aliphatic hydroxyl groups is 1. The minimum Gasteiger partial charge on any atom is -0.395 e. The van der Waals surface area contributed by atoms with Crippen molar-refractivity contribution in [1.29, 1.82) is 0 Å². The van der Waals surface area contributed by atoms with E-state index >= 15 is 0 Å². The highest BCUT2D eigenvalue weighted by molar-refractivity contribution is 5.59. The van der Waals surface area contributed by atoms with Crippen molar-refractivity contribution < 1.29 is 5.11 Å². The first-order chi connectivity index (χ1) is 7.74. The van der Waals surface area contributed by atoms with Crippen LogP contribution in [-0.4, -0.2) is 30.8 Å². The molecule has 1 aliphatic heterocycles. The number of fused-ring (bicyclic) bond motifs is 1. The van der Waals surface area contributed by atoms with Gasteiger partial charge in [0.05, 0.1) is 6.61 Å². The summed E-state index contributed by atoms with van der Waals surface area (Å²) in [5.41, 5.74) is 9.76. The molecule has 1 heterocycles. The van der Waals surface area contributed by atoms with Crippen LogP contribution in [0.2, 0.25) is 0 Å². The van der Waals surface area contributed by atoms with Crippen LogP contribution in [0.25, 0.3) is 0 Å². The van der Waals surface area contributed by atoms with Gasteiger partial charge in [0.25, 0.3) is 0 Å². The van der Waals surface area contributed by atoms with E-state index in [4.69, 9.17) is 10.8 Å². The number of nitrogens with two attached hydrogens (primary N) is 1. The number of likely N-dealkylation sites (N-methyl/N-ethyl adjacent to an activating group) is 1. The second-order valence-corrected chi connectivity index (χ2v) is 4.44. The molecule has 3 heteroatoms. The quantitative estimate of drug-likeness (QED) is 0.793. The lowest BCUT2D eigenvalue weighted by Gasteiger charge is -2.17. The Morgan fingerprint density at radius 3 is 3.00 bits per heavy atom. The highest BCUT2D eigenvalue weighted by Crippen LogP contribution is 2.28. The molecule has 0 saturated heterocycles. The van der Waals surface area contributed by atoms with Crippen LogP contribution in [0.5, 0.6) is 0 Å². The zero-order chi connectivity index (χ0) is 11.5. The van der Waals surface area contributed by atoms with Crippen LogP contribution in [0.1, 0.15) is 18.1 Å². The van der Waals surface area contributed by atoms with Gasteiger partial charge in [-0.1, -0.05) is 12.1 Å². The molecule has 16 heavy (non-hydrogen) atoms. The summed E-state index contributed by atoms with van der Waals surface area (Å²) >= 11 is 0. The van der Waals surface area contributed by atoms with Crippen LogP contribution in [0.4, 0.5) is 5.69 Å². The van der Waals surface area contributed by atoms with Gasteiger partial charge in [-0.25, -0.2) is 0 Å². The lowest BCUT2D eigenvalue weighted by Crippen LogP contribution is -2.26. The summed E-state index contributed by atoms with van der Waals surface area (Å²) in [6.45, 7) is 4.44. The number of hydrogen-bond acceptors (Lipinski definition) is 3. The fraction of sp³-hybridized carbons (Fsp3) is 0.538. The summed E-state index contributed by atoms with van der Waals surface area (Å²) in [5, 5.41) is 8.94. The monoisotopic (exact) mass is 220 g/mol. The van der Waals surface area contributed by atoms with E-state index in [0.29, 0.717) is 0 Å². The first-order valence-electron chi connectivity index (χ1n) is 5.97. The van der Waals surface area contributed by atoms with Crippen LogP contribution in [0, 0.1) is 0 Å². The lowest BCUT2D eigenvalue weighted by molar-refractivity contribution is 0.265. The second-order valence-electron chi connectivity index (χ2n) is 4.44. The minimum absolute atomic E-state index is 0.0537. The molecule has 3 N–H and O–H groups in total. The molecular weight excluding hydrogens is 200 g/mol. The average molecular weight is 220 g/mol. The van der Waals surface area contributed by atoms with Crippen LogP contribution in [0.3, 0.4) is 0 Å². The lowest BCUT2D eigenvalue weighted by atomic mass is 10.0. The Kier molecular flexibility index (Phi) is 3.46. The number of nitrogens with zero attached hydrogens (tertiary/aromatic N) is 1. The molecular formula is C13H20N2O. The average Bonchev–Trinajstić information content (AvgIpc) is 2.71. The standard InChI is InChI=1S/C13H20N2O/c1-2-15-6-5-11-7-10(3-4-13(11)15)8-12(14)9-16/h3-4,7,12,16H,2,5-6,8-9,14H2,1H3. The summed E-state index contributed by atoms with van der Waals surface area (Å²) in [5.74, 6) is 0. The maximum atomic E-state index is 8.94. The highest BCUT2D eigenvalue weighted by atomic mass is 16.3. The van der Waals surface area contributed by atoms with Crippen molar-refractivity contribution in [2.24, 2.45) is 5.73 Å². The van der Waals surface area contributed by atoms with Crippen molar-refractivity contribution in [3.05, 3.63) is 29.3 Å². The van der Waals surface area contributed by atoms with Gasteiger partial charge < -0.3 is 15.7 Å². The van der Waals surface area contributed by atoms with Gasteiger partial charge in [0, 0.05) is 24.8 Å². The van der Waals surface area contributed by atoms with E-state index < -0.39 is 0 Å². The summed E-state index contributed by atoms with van der Waals surface area (Å²) in [7, 11) is 0. The molecule has 1 aliphatic rings. The van der Waals surface area contributed by atoms with Gasteiger partial charge in [0.1, 0.15) is 0 Å². The van der Waals surface area contributed by atoms with E-state index in [1.54, 1.807) is 0 Å². The normalized spacial score (nSPS) is 16.3. The van der Waals surface area contributed by atoms with Gasteiger partial charge in [-0.15, -0.1) is 0 Å². The predicted octanol–water partition coefficient (Wildman–Crippen LogP) is 0.931. The molecule has 0 aliphatic carbocycles. The van der Waals surface area contributed by atoms with Crippen LogP contribution >= 0.6 is 0 Å². The van der Waals surface area contributed by atoms with Crippen LogP contribution in [-0.2, 0) is 12.8 Å². The Labute approximate surface area is 96.9 Å². The molecule has 1 aromatic carbocycles. The Bertz CT molecular complexity index is 365. The Balaban J connectivity index is 2.15. The van der Waals surface area contributed by atoms with E-state index in [-0.39, 0.29) is 12.6 Å². The van der Waals surface area contributed by atoms with Crippen molar-refractivity contribution in [3.8, 4) is 0 Å². The molecule has 2 rings (SSSR count). The van der Waals surface area contributed by atoms with Gasteiger partial charge in [-0.05, 0) is 37.0 Å². The van der Waals surface area contributed by atoms with E-state index in [9.17, 15) is 0 Å². The molecule has 0 amide bonds. The molecule has 0 bridgehead atoms. The molecule has 1 atom stereocenters. The maximum absolute atomic E-state index is 8.94. The Morgan fingerprint density at radius 1 is 1.50 bits per heavy atom. The summed E-state index contributed by atoms with van der Waals surface area (Å²) in [6, 6.07) is 6.41. The van der Waals surface area contributed by atoms with Crippen molar-refractivity contribution >= 4 is 5.69 Å². The summed E-state index contributed by atoms with van der Waals surface area (Å²) < 4.78 is 0. The minimum atomic E-state index is -0.137. The van der Waals surface area contributed by atoms with Crippen LogP contribution < -0.4 is 10.6 Å². The van der Waals surface area contributed by atoms with Crippen molar-refractivity contribution in [2.45, 2.75) is 25.8 Å². The smallest absolute Gasteiger partial charge is 0.0585 e. The molecule has 0 aromatic heterocycles. The Morgan fingerprint density at radius 2 is 2.31 bits per heavy atom. The molecule has 3 nitrogen and oxygen atoms in total. The highest BCUT2D eigenvalue weighted by Gasteiger charge is 2.17. The number of hydrogen-bond donors (Lipinski definition) is 2. The van der Waals surface area contributed by atoms with E-state index in [2.05, 4.69) is 30.0 Å². The van der Waals surface area contributed by atoms with Gasteiger partial charge in [0.2, 0.25) is 0 Å². The predicted molar refractivity (Wildman–Crippen MR) is 66.8 cm³/mol. The van der Waals surface area contributed by atoms with E-state index in [1.165, 1.54) is 16.8 Å². The van der Waals surface area contributed by atoms with Crippen LogP contribution in [0.15, 0.2) is 18.2 Å². The van der Waals surface area contributed by atoms with E-state index in [1.807, 2.05) is 0 Å². The van der Waals surface area contributed by atoms with Gasteiger partial charge in [-0.3, -0.25) is 0 Å². The third-order valence-electron chi connectivity index (χ3n) is 3.25. The molecule has 88 valence electrons. The van der Waals surface area contributed by atoms with Crippen molar-refractivity contribution in [1.82, 2.24) is 0 Å². The number of anilines is 1. The summed E-state index contributed by atoms with van der Waals surface area (Å²) in [4.78, 5) is 2.39. The third-order valence-corrected chi connectivity index (χ3v) is 3.25. The Hall–Kier alpha value is -1.06. The third kappa shape index (κ3) is 2.20. The van der Waals surface area contributed by atoms with Gasteiger partial charge >= 0.3 is 0 Å². The van der Waals surface area contributed by atoms with Gasteiger partial charge in [0.15, 0.2) is 0 Å². The second kappa shape index (κ2) is 4.85. The SMILES string of the molecule is CCN1CCc2cc(CC(N)CO)ccc21. The molecule has 1 unspecified atom stereocenters.